The summed E-state index contributed by atoms with van der Waals surface area (Å²) < 4.78 is 33.3. The number of nitrogens with one attached hydrogen (secondary N) is 2. The molecule has 0 heterocycles. The lowest BCUT2D eigenvalue weighted by molar-refractivity contribution is -0.127. The molecule has 1 aromatic carbocycles. The lowest BCUT2D eigenvalue weighted by atomic mass is 10.2. The number of likely N-dealkylation sites (N-methyl/N-ethyl adjacent to an activating group) is 1. The molecule has 0 unspecified atom stereocenters. The monoisotopic (exact) mass is 383 g/mol. The number of nitrogens with zero attached hydrogens (tertiary/aromatic N) is 1. The molecule has 2 rings (SSSR count). The molecule has 1 fully saturated rings. The van der Waals surface area contributed by atoms with E-state index in [0.29, 0.717) is 0 Å². The number of methoxy groups -OCH3 is 1. The van der Waals surface area contributed by atoms with Gasteiger partial charge in [0, 0.05) is 25.7 Å². The smallest absolute Gasteiger partial charge is 0.251 e. The molecule has 144 valence electrons. The summed E-state index contributed by atoms with van der Waals surface area (Å²) in [5, 5.41) is 2.48. The molecule has 0 bridgehead atoms. The van der Waals surface area contributed by atoms with E-state index in [1.54, 1.807) is 14.1 Å². The van der Waals surface area contributed by atoms with Crippen LogP contribution in [0.2, 0.25) is 0 Å². The third kappa shape index (κ3) is 4.95. The fraction of sp³-hybridized carbons (Fsp3) is 0.529. The predicted octanol–water partition coefficient (Wildman–Crippen LogP) is 0.734. The molecule has 1 saturated carbocycles. The summed E-state index contributed by atoms with van der Waals surface area (Å²) in [5.74, 6) is -0.626. The second-order valence-electron chi connectivity index (χ2n) is 6.44. The van der Waals surface area contributed by atoms with Crippen LogP contribution in [0.3, 0.4) is 0 Å². The van der Waals surface area contributed by atoms with Gasteiger partial charge in [-0.15, -0.1) is 0 Å². The fourth-order valence-corrected chi connectivity index (χ4v) is 4.27. The standard InChI is InChI=1S/C17H25N3O5S/c1-20(2)16(21)11-18-17(22)12-8-9-14(25-3)15(10-12)26(23,24)19-13-6-4-5-7-13/h8-10,13,19H,4-7,11H2,1-3H3,(H,18,22). The molecule has 1 aromatic rings. The number of benzene rings is 1. The van der Waals surface area contributed by atoms with Gasteiger partial charge in [0.05, 0.1) is 13.7 Å². The van der Waals surface area contributed by atoms with Crippen molar-refractivity contribution in [3.05, 3.63) is 23.8 Å². The van der Waals surface area contributed by atoms with Crippen LogP contribution in [0.15, 0.2) is 23.1 Å². The van der Waals surface area contributed by atoms with E-state index in [0.717, 1.165) is 25.7 Å². The highest BCUT2D eigenvalue weighted by atomic mass is 32.2. The lowest BCUT2D eigenvalue weighted by Gasteiger charge is -2.16. The number of ether oxygens (including phenoxy) is 1. The molecule has 0 spiro atoms. The number of rotatable bonds is 7. The summed E-state index contributed by atoms with van der Waals surface area (Å²) in [7, 11) is 0.726. The molecule has 0 radical (unpaired) electrons. The zero-order valence-corrected chi connectivity index (χ0v) is 16.1. The quantitative estimate of drug-likeness (QED) is 0.722. The van der Waals surface area contributed by atoms with Crippen LogP contribution in [0.4, 0.5) is 0 Å². The van der Waals surface area contributed by atoms with Crippen LogP contribution >= 0.6 is 0 Å². The second-order valence-corrected chi connectivity index (χ2v) is 8.12. The van der Waals surface area contributed by atoms with E-state index in [2.05, 4.69) is 10.0 Å². The predicted molar refractivity (Wildman–Crippen MR) is 96.6 cm³/mol. The van der Waals surface area contributed by atoms with Gasteiger partial charge in [-0.25, -0.2) is 13.1 Å². The molecule has 0 aromatic heterocycles. The molecular weight excluding hydrogens is 358 g/mol. The number of carbonyl (C=O) groups is 2. The van der Waals surface area contributed by atoms with Gasteiger partial charge >= 0.3 is 0 Å². The topological polar surface area (TPSA) is 105 Å². The largest absolute Gasteiger partial charge is 0.495 e. The molecule has 0 saturated heterocycles. The van der Waals surface area contributed by atoms with Gasteiger partial charge in [0.25, 0.3) is 5.91 Å². The number of carbonyl (C=O) groups excluding carboxylic acids is 2. The van der Waals surface area contributed by atoms with Gasteiger partial charge in [0.2, 0.25) is 15.9 Å². The van der Waals surface area contributed by atoms with Crippen LogP contribution in [-0.2, 0) is 14.8 Å². The maximum Gasteiger partial charge on any atom is 0.251 e. The minimum absolute atomic E-state index is 0.0847. The molecule has 9 heteroatoms. The molecule has 1 aliphatic rings. The van der Waals surface area contributed by atoms with E-state index in [1.807, 2.05) is 0 Å². The highest BCUT2D eigenvalue weighted by Gasteiger charge is 2.26. The molecule has 8 nitrogen and oxygen atoms in total. The average Bonchev–Trinajstić information content (AvgIpc) is 3.10. The van der Waals surface area contributed by atoms with E-state index < -0.39 is 15.9 Å². The summed E-state index contributed by atoms with van der Waals surface area (Å²) in [6.07, 6.45) is 3.59. The number of amides is 2. The van der Waals surface area contributed by atoms with E-state index in [4.69, 9.17) is 4.74 Å². The Hall–Kier alpha value is -2.13. The number of hydrogen-bond donors (Lipinski definition) is 2. The first-order valence-electron chi connectivity index (χ1n) is 8.43. The van der Waals surface area contributed by atoms with Gasteiger partial charge < -0.3 is 15.0 Å². The summed E-state index contributed by atoms with van der Waals surface area (Å²) in [6, 6.07) is 4.07. The highest BCUT2D eigenvalue weighted by Crippen LogP contribution is 2.27. The third-order valence-corrected chi connectivity index (χ3v) is 5.83. The van der Waals surface area contributed by atoms with Gasteiger partial charge in [-0.2, -0.15) is 0 Å². The molecule has 2 amide bonds. The third-order valence-electron chi connectivity index (χ3n) is 4.29. The molecule has 1 aliphatic carbocycles. The van der Waals surface area contributed by atoms with Crippen molar-refractivity contribution in [2.45, 2.75) is 36.6 Å². The van der Waals surface area contributed by atoms with Crippen molar-refractivity contribution in [1.82, 2.24) is 14.9 Å². The molecule has 2 N–H and O–H groups in total. The van der Waals surface area contributed by atoms with Crippen LogP contribution in [0.25, 0.3) is 0 Å². The van der Waals surface area contributed by atoms with Crippen LogP contribution in [-0.4, -0.2) is 58.9 Å². The van der Waals surface area contributed by atoms with Crippen molar-refractivity contribution < 1.29 is 22.7 Å². The molecule has 0 atom stereocenters. The van der Waals surface area contributed by atoms with Crippen molar-refractivity contribution in [3.8, 4) is 5.75 Å². The van der Waals surface area contributed by atoms with Gasteiger partial charge in [-0.3, -0.25) is 9.59 Å². The Kier molecular flexibility index (Phi) is 6.60. The highest BCUT2D eigenvalue weighted by molar-refractivity contribution is 7.89. The van der Waals surface area contributed by atoms with Crippen molar-refractivity contribution in [2.75, 3.05) is 27.7 Å². The molecule has 0 aliphatic heterocycles. The Labute approximate surface area is 153 Å². The second kappa shape index (κ2) is 8.50. The summed E-state index contributed by atoms with van der Waals surface area (Å²) in [4.78, 5) is 25.1. The maximum atomic E-state index is 12.7. The van der Waals surface area contributed by atoms with Crippen LogP contribution in [0.1, 0.15) is 36.0 Å². The van der Waals surface area contributed by atoms with Gasteiger partial charge in [0.15, 0.2) is 0 Å². The Bertz CT molecular complexity index is 771. The Morgan fingerprint density at radius 3 is 2.46 bits per heavy atom. The van der Waals surface area contributed by atoms with E-state index in [9.17, 15) is 18.0 Å². The first-order chi connectivity index (χ1) is 12.2. The molecule has 26 heavy (non-hydrogen) atoms. The van der Waals surface area contributed by atoms with Crippen molar-refractivity contribution >= 4 is 21.8 Å². The summed E-state index contributed by atoms with van der Waals surface area (Å²) in [5.41, 5.74) is 0.143. The number of sulfonamides is 1. The zero-order valence-electron chi connectivity index (χ0n) is 15.2. The Morgan fingerprint density at radius 1 is 1.23 bits per heavy atom. The maximum absolute atomic E-state index is 12.7. The van der Waals surface area contributed by atoms with E-state index >= 15 is 0 Å². The van der Waals surface area contributed by atoms with Gasteiger partial charge in [-0.1, -0.05) is 12.8 Å². The van der Waals surface area contributed by atoms with Crippen molar-refractivity contribution in [2.24, 2.45) is 0 Å². The minimum Gasteiger partial charge on any atom is -0.495 e. The Morgan fingerprint density at radius 2 is 1.88 bits per heavy atom. The van der Waals surface area contributed by atoms with Gasteiger partial charge in [0.1, 0.15) is 10.6 Å². The van der Waals surface area contributed by atoms with E-state index in [-0.39, 0.29) is 34.7 Å². The van der Waals surface area contributed by atoms with Crippen molar-refractivity contribution in [3.63, 3.8) is 0 Å². The first kappa shape index (κ1) is 20.2. The minimum atomic E-state index is -3.82. The van der Waals surface area contributed by atoms with E-state index in [1.165, 1.54) is 30.2 Å². The van der Waals surface area contributed by atoms with Crippen LogP contribution in [0, 0.1) is 0 Å². The fourth-order valence-electron chi connectivity index (χ4n) is 2.77. The van der Waals surface area contributed by atoms with Crippen LogP contribution < -0.4 is 14.8 Å². The summed E-state index contributed by atoms with van der Waals surface area (Å²) in [6.45, 7) is -0.166. The van der Waals surface area contributed by atoms with Crippen LogP contribution in [0.5, 0.6) is 5.75 Å². The molecular formula is C17H25N3O5S. The van der Waals surface area contributed by atoms with Crippen molar-refractivity contribution in [1.29, 1.82) is 0 Å². The van der Waals surface area contributed by atoms with Gasteiger partial charge in [-0.05, 0) is 31.0 Å². The Balaban J connectivity index is 2.21. The normalized spacial score (nSPS) is 14.9. The number of hydrogen-bond acceptors (Lipinski definition) is 5. The lowest BCUT2D eigenvalue weighted by Crippen LogP contribution is -2.36. The summed E-state index contributed by atoms with van der Waals surface area (Å²) >= 11 is 0. The SMILES string of the molecule is COc1ccc(C(=O)NCC(=O)N(C)C)cc1S(=O)(=O)NC1CCCC1. The first-order valence-corrected chi connectivity index (χ1v) is 9.91. The average molecular weight is 383 g/mol. The zero-order chi connectivity index (χ0) is 19.3.